The number of nitrogens with zero attached hydrogens (tertiary/aromatic N) is 2. The molecule has 1 amide bonds. The first-order valence-corrected chi connectivity index (χ1v) is 10.5. The first-order valence-electron chi connectivity index (χ1n) is 10.5. The van der Waals surface area contributed by atoms with E-state index in [1.807, 2.05) is 37.9 Å². The summed E-state index contributed by atoms with van der Waals surface area (Å²) in [6, 6.07) is 12.4. The Balaban J connectivity index is 1.48. The molecule has 0 saturated carbocycles. The highest BCUT2D eigenvalue weighted by atomic mass is 16.5. The minimum atomic E-state index is -0.0135. The molecule has 0 aliphatic carbocycles. The lowest BCUT2D eigenvalue weighted by Crippen LogP contribution is -2.35. The summed E-state index contributed by atoms with van der Waals surface area (Å²) in [7, 11) is 3.65. The van der Waals surface area contributed by atoms with Crippen molar-refractivity contribution in [3.63, 3.8) is 0 Å². The van der Waals surface area contributed by atoms with Crippen molar-refractivity contribution in [3.8, 4) is 5.75 Å². The number of nitrogens with one attached hydrogen (secondary N) is 1. The summed E-state index contributed by atoms with van der Waals surface area (Å²) in [4.78, 5) is 16.9. The van der Waals surface area contributed by atoms with E-state index in [0.29, 0.717) is 13.1 Å². The van der Waals surface area contributed by atoms with Crippen molar-refractivity contribution >= 4 is 11.6 Å². The van der Waals surface area contributed by atoms with Crippen LogP contribution >= 0.6 is 0 Å². The third-order valence-corrected chi connectivity index (χ3v) is 5.34. The van der Waals surface area contributed by atoms with Gasteiger partial charge in [-0.2, -0.15) is 0 Å². The van der Waals surface area contributed by atoms with Crippen molar-refractivity contribution in [2.75, 3.05) is 52.3 Å². The molecule has 1 fully saturated rings. The Bertz CT molecular complexity index is 822. The number of methoxy groups -OCH3 is 1. The number of carbonyl (C=O) groups excluding carboxylic acids is 1. The minimum absolute atomic E-state index is 0.0135. The van der Waals surface area contributed by atoms with Crippen LogP contribution in [0.5, 0.6) is 5.75 Å². The summed E-state index contributed by atoms with van der Waals surface area (Å²) in [5, 5.41) is 3.00. The number of benzene rings is 2. The number of hydrogen-bond acceptors (Lipinski definition) is 5. The van der Waals surface area contributed by atoms with Gasteiger partial charge in [-0.1, -0.05) is 24.3 Å². The van der Waals surface area contributed by atoms with Crippen LogP contribution in [0.15, 0.2) is 36.4 Å². The SMILES string of the molecule is COc1c(C)cc(CN(C)CC(=O)Nc2ccc(CN3CCOCC3)cc2)cc1C. The molecule has 0 bridgehead atoms. The quantitative estimate of drug-likeness (QED) is 0.723. The van der Waals surface area contributed by atoms with Gasteiger partial charge in [-0.3, -0.25) is 14.6 Å². The van der Waals surface area contributed by atoms with Gasteiger partial charge in [0, 0.05) is 31.9 Å². The van der Waals surface area contributed by atoms with Gasteiger partial charge in [0.25, 0.3) is 0 Å². The molecule has 2 aromatic rings. The van der Waals surface area contributed by atoms with Crippen molar-refractivity contribution in [1.82, 2.24) is 9.80 Å². The van der Waals surface area contributed by atoms with Crippen molar-refractivity contribution in [1.29, 1.82) is 0 Å². The van der Waals surface area contributed by atoms with E-state index in [-0.39, 0.29) is 5.91 Å². The fourth-order valence-electron chi connectivity index (χ4n) is 3.98. The summed E-state index contributed by atoms with van der Waals surface area (Å²) in [6.07, 6.45) is 0. The number of aryl methyl sites for hydroxylation is 2. The number of rotatable bonds is 8. The largest absolute Gasteiger partial charge is 0.496 e. The standard InChI is InChI=1S/C24H33N3O3/c1-18-13-21(14-19(2)24(18)29-4)15-26(3)17-23(28)25-22-7-5-20(6-8-22)16-27-9-11-30-12-10-27/h5-8,13-14H,9-12,15-17H2,1-4H3,(H,25,28). The molecule has 30 heavy (non-hydrogen) atoms. The summed E-state index contributed by atoms with van der Waals surface area (Å²) in [6.45, 7) is 9.60. The van der Waals surface area contributed by atoms with Crippen LogP contribution in [0.4, 0.5) is 5.69 Å². The number of morpholine rings is 1. The van der Waals surface area contributed by atoms with E-state index in [1.165, 1.54) is 11.1 Å². The molecule has 6 heteroatoms. The smallest absolute Gasteiger partial charge is 0.238 e. The highest BCUT2D eigenvalue weighted by Crippen LogP contribution is 2.24. The first-order chi connectivity index (χ1) is 14.4. The van der Waals surface area contributed by atoms with E-state index in [2.05, 4.69) is 34.5 Å². The van der Waals surface area contributed by atoms with Crippen LogP contribution in [0.2, 0.25) is 0 Å². The molecule has 0 radical (unpaired) electrons. The predicted octanol–water partition coefficient (Wildman–Crippen LogP) is 3.21. The summed E-state index contributed by atoms with van der Waals surface area (Å²) in [5.41, 5.74) is 5.48. The van der Waals surface area contributed by atoms with E-state index in [4.69, 9.17) is 9.47 Å². The highest BCUT2D eigenvalue weighted by molar-refractivity contribution is 5.92. The average molecular weight is 412 g/mol. The van der Waals surface area contributed by atoms with Crippen molar-refractivity contribution in [2.24, 2.45) is 0 Å². The van der Waals surface area contributed by atoms with E-state index in [1.54, 1.807) is 7.11 Å². The van der Waals surface area contributed by atoms with E-state index in [0.717, 1.165) is 55.4 Å². The number of hydrogen-bond donors (Lipinski definition) is 1. The van der Waals surface area contributed by atoms with Gasteiger partial charge >= 0.3 is 0 Å². The zero-order chi connectivity index (χ0) is 21.5. The maximum atomic E-state index is 12.5. The highest BCUT2D eigenvalue weighted by Gasteiger charge is 2.12. The van der Waals surface area contributed by atoms with Crippen LogP contribution in [-0.4, -0.2) is 62.7 Å². The number of carbonyl (C=O) groups is 1. The predicted molar refractivity (Wildman–Crippen MR) is 120 cm³/mol. The van der Waals surface area contributed by atoms with E-state index in [9.17, 15) is 4.79 Å². The second kappa shape index (κ2) is 10.6. The van der Waals surface area contributed by atoms with Crippen LogP contribution < -0.4 is 10.1 Å². The van der Waals surface area contributed by atoms with E-state index < -0.39 is 0 Å². The molecule has 3 rings (SSSR count). The maximum Gasteiger partial charge on any atom is 0.238 e. The molecular weight excluding hydrogens is 378 g/mol. The normalized spacial score (nSPS) is 14.7. The van der Waals surface area contributed by atoms with Crippen LogP contribution in [0.25, 0.3) is 0 Å². The molecule has 0 unspecified atom stereocenters. The Morgan fingerprint density at radius 2 is 1.73 bits per heavy atom. The molecule has 162 valence electrons. The number of likely N-dealkylation sites (N-methyl/N-ethyl adjacent to an activating group) is 1. The van der Waals surface area contributed by atoms with Gasteiger partial charge in [-0.05, 0) is 55.3 Å². The van der Waals surface area contributed by atoms with Crippen LogP contribution in [0.1, 0.15) is 22.3 Å². The summed E-state index contributed by atoms with van der Waals surface area (Å²) >= 11 is 0. The Labute approximate surface area is 179 Å². The van der Waals surface area contributed by atoms with Crippen molar-refractivity contribution in [2.45, 2.75) is 26.9 Å². The zero-order valence-electron chi connectivity index (χ0n) is 18.5. The molecule has 2 aromatic carbocycles. The second-order valence-electron chi connectivity index (χ2n) is 8.07. The van der Waals surface area contributed by atoms with Gasteiger partial charge in [-0.15, -0.1) is 0 Å². The zero-order valence-corrected chi connectivity index (χ0v) is 18.5. The molecule has 1 N–H and O–H groups in total. The monoisotopic (exact) mass is 411 g/mol. The van der Waals surface area contributed by atoms with Gasteiger partial charge in [0.2, 0.25) is 5.91 Å². The molecule has 0 spiro atoms. The lowest BCUT2D eigenvalue weighted by atomic mass is 10.1. The van der Waals surface area contributed by atoms with Gasteiger partial charge in [-0.25, -0.2) is 0 Å². The molecule has 1 heterocycles. The van der Waals surface area contributed by atoms with Crippen molar-refractivity contribution in [3.05, 3.63) is 58.7 Å². The molecule has 6 nitrogen and oxygen atoms in total. The average Bonchev–Trinajstić information content (AvgIpc) is 2.70. The lowest BCUT2D eigenvalue weighted by molar-refractivity contribution is -0.117. The third-order valence-electron chi connectivity index (χ3n) is 5.34. The van der Waals surface area contributed by atoms with E-state index >= 15 is 0 Å². The van der Waals surface area contributed by atoms with Crippen LogP contribution in [0, 0.1) is 13.8 Å². The second-order valence-corrected chi connectivity index (χ2v) is 8.07. The van der Waals surface area contributed by atoms with Gasteiger partial charge in [0.05, 0.1) is 26.9 Å². The molecule has 1 saturated heterocycles. The Kier molecular flexibility index (Phi) is 7.85. The fourth-order valence-corrected chi connectivity index (χ4v) is 3.98. The van der Waals surface area contributed by atoms with Gasteiger partial charge in [0.15, 0.2) is 0 Å². The number of ether oxygens (including phenoxy) is 2. The number of amides is 1. The Morgan fingerprint density at radius 1 is 1.10 bits per heavy atom. The summed E-state index contributed by atoms with van der Waals surface area (Å²) in [5.74, 6) is 0.914. The van der Waals surface area contributed by atoms with Crippen LogP contribution in [-0.2, 0) is 22.6 Å². The first kappa shape index (κ1) is 22.3. The Morgan fingerprint density at radius 3 is 2.33 bits per heavy atom. The van der Waals surface area contributed by atoms with Crippen molar-refractivity contribution < 1.29 is 14.3 Å². The topological polar surface area (TPSA) is 54.0 Å². The van der Waals surface area contributed by atoms with Gasteiger partial charge < -0.3 is 14.8 Å². The maximum absolute atomic E-state index is 12.5. The molecular formula is C24H33N3O3. The van der Waals surface area contributed by atoms with Gasteiger partial charge in [0.1, 0.15) is 5.75 Å². The molecule has 1 aliphatic rings. The Hall–Kier alpha value is -2.41. The minimum Gasteiger partial charge on any atom is -0.496 e. The fraction of sp³-hybridized carbons (Fsp3) is 0.458. The number of anilines is 1. The lowest BCUT2D eigenvalue weighted by Gasteiger charge is -2.26. The molecule has 0 atom stereocenters. The summed E-state index contributed by atoms with van der Waals surface area (Å²) < 4.78 is 10.8. The molecule has 0 aromatic heterocycles. The van der Waals surface area contributed by atoms with Crippen LogP contribution in [0.3, 0.4) is 0 Å². The third kappa shape index (κ3) is 6.29. The molecule has 1 aliphatic heterocycles.